The SMILES string of the molecule is O=C1S/C(=C\c2cc(Br)ccc2O)C(=O)N1Cc1ccc(F)cc1Cl. The highest BCUT2D eigenvalue weighted by atomic mass is 79.9. The van der Waals surface area contributed by atoms with Gasteiger partial charge in [-0.2, -0.15) is 0 Å². The highest BCUT2D eigenvalue weighted by molar-refractivity contribution is 9.10. The Labute approximate surface area is 160 Å². The fraction of sp³-hybridized carbons (Fsp3) is 0.0588. The fourth-order valence-corrected chi connectivity index (χ4v) is 3.67. The summed E-state index contributed by atoms with van der Waals surface area (Å²) in [7, 11) is 0. The van der Waals surface area contributed by atoms with Crippen LogP contribution < -0.4 is 0 Å². The normalized spacial score (nSPS) is 16.1. The van der Waals surface area contributed by atoms with Crippen LogP contribution in [0.4, 0.5) is 9.18 Å². The van der Waals surface area contributed by atoms with E-state index in [0.29, 0.717) is 11.1 Å². The lowest BCUT2D eigenvalue weighted by Gasteiger charge is -2.13. The highest BCUT2D eigenvalue weighted by Gasteiger charge is 2.35. The second-order valence-electron chi connectivity index (χ2n) is 5.21. The van der Waals surface area contributed by atoms with E-state index in [0.717, 1.165) is 27.2 Å². The molecular formula is C17H10BrClFNO3S. The van der Waals surface area contributed by atoms with Crippen LogP contribution in [0.3, 0.4) is 0 Å². The van der Waals surface area contributed by atoms with Crippen LogP contribution in [0.1, 0.15) is 11.1 Å². The van der Waals surface area contributed by atoms with Crippen molar-refractivity contribution < 1.29 is 19.1 Å². The van der Waals surface area contributed by atoms with E-state index >= 15 is 0 Å². The molecule has 0 aliphatic carbocycles. The Hall–Kier alpha value is -1.83. The maximum absolute atomic E-state index is 13.1. The van der Waals surface area contributed by atoms with Crippen LogP contribution in [0.5, 0.6) is 5.75 Å². The molecule has 1 heterocycles. The lowest BCUT2D eigenvalue weighted by Crippen LogP contribution is -2.27. The van der Waals surface area contributed by atoms with Crippen LogP contribution in [-0.4, -0.2) is 21.2 Å². The molecule has 2 amide bonds. The van der Waals surface area contributed by atoms with E-state index < -0.39 is 17.0 Å². The minimum Gasteiger partial charge on any atom is -0.507 e. The van der Waals surface area contributed by atoms with Gasteiger partial charge >= 0.3 is 0 Å². The van der Waals surface area contributed by atoms with Crippen molar-refractivity contribution in [2.75, 3.05) is 0 Å². The van der Waals surface area contributed by atoms with Crippen molar-refractivity contribution in [3.8, 4) is 5.75 Å². The summed E-state index contributed by atoms with van der Waals surface area (Å²) in [6.07, 6.45) is 1.46. The number of thioether (sulfide) groups is 1. The largest absolute Gasteiger partial charge is 0.507 e. The number of hydrogen-bond acceptors (Lipinski definition) is 4. The van der Waals surface area contributed by atoms with Crippen LogP contribution in [0.15, 0.2) is 45.8 Å². The summed E-state index contributed by atoms with van der Waals surface area (Å²) >= 11 is 10.0. The number of nitrogens with zero attached hydrogens (tertiary/aromatic N) is 1. The van der Waals surface area contributed by atoms with Gasteiger partial charge in [0, 0.05) is 15.1 Å². The van der Waals surface area contributed by atoms with Crippen molar-refractivity contribution >= 4 is 56.5 Å². The number of carbonyl (C=O) groups excluding carboxylic acids is 2. The molecule has 3 rings (SSSR count). The van der Waals surface area contributed by atoms with Gasteiger partial charge in [-0.25, -0.2) is 4.39 Å². The van der Waals surface area contributed by atoms with Crippen molar-refractivity contribution in [2.24, 2.45) is 0 Å². The topological polar surface area (TPSA) is 57.6 Å². The summed E-state index contributed by atoms with van der Waals surface area (Å²) in [6.45, 7) is -0.0500. The van der Waals surface area contributed by atoms with E-state index in [1.807, 2.05) is 0 Å². The number of halogens is 3. The predicted octanol–water partition coefficient (Wildman–Crippen LogP) is 5.18. The average Bonchev–Trinajstić information content (AvgIpc) is 2.81. The molecule has 1 N–H and O–H groups in total. The van der Waals surface area contributed by atoms with Crippen molar-refractivity contribution in [3.63, 3.8) is 0 Å². The van der Waals surface area contributed by atoms with Crippen molar-refractivity contribution in [1.82, 2.24) is 4.90 Å². The Balaban J connectivity index is 1.87. The molecule has 8 heteroatoms. The number of phenols is 1. The van der Waals surface area contributed by atoms with Crippen molar-refractivity contribution in [3.05, 3.63) is 67.7 Å². The molecule has 1 aliphatic rings. The Bertz CT molecular complexity index is 919. The van der Waals surface area contributed by atoms with E-state index in [1.165, 1.54) is 24.3 Å². The minimum atomic E-state index is -0.493. The smallest absolute Gasteiger partial charge is 0.293 e. The number of hydrogen-bond donors (Lipinski definition) is 1. The zero-order chi connectivity index (χ0) is 18.1. The Morgan fingerprint density at radius 2 is 2.00 bits per heavy atom. The Morgan fingerprint density at radius 1 is 1.24 bits per heavy atom. The van der Waals surface area contributed by atoms with Gasteiger partial charge in [-0.1, -0.05) is 33.6 Å². The van der Waals surface area contributed by atoms with Gasteiger partial charge < -0.3 is 5.11 Å². The number of carbonyl (C=O) groups is 2. The third-order valence-electron chi connectivity index (χ3n) is 3.49. The standard InChI is InChI=1S/C17H10BrClFNO3S/c18-11-2-4-14(22)10(5-11)6-15-16(23)21(17(24)25-15)8-9-1-3-12(20)7-13(9)19/h1-7,22H,8H2/b15-6-. The van der Waals surface area contributed by atoms with Gasteiger partial charge in [-0.05, 0) is 53.7 Å². The van der Waals surface area contributed by atoms with E-state index in [-0.39, 0.29) is 22.2 Å². The molecule has 1 fully saturated rings. The Morgan fingerprint density at radius 3 is 2.72 bits per heavy atom. The maximum Gasteiger partial charge on any atom is 0.293 e. The molecule has 0 bridgehead atoms. The summed E-state index contributed by atoms with van der Waals surface area (Å²) in [6, 6.07) is 8.57. The molecule has 2 aromatic rings. The average molecular weight is 443 g/mol. The summed E-state index contributed by atoms with van der Waals surface area (Å²) in [5.74, 6) is -0.987. The number of imide groups is 1. The quantitative estimate of drug-likeness (QED) is 0.665. The lowest BCUT2D eigenvalue weighted by molar-refractivity contribution is -0.123. The van der Waals surface area contributed by atoms with E-state index in [2.05, 4.69) is 15.9 Å². The molecule has 2 aromatic carbocycles. The first-order chi connectivity index (χ1) is 11.8. The molecule has 0 spiro atoms. The van der Waals surface area contributed by atoms with E-state index in [1.54, 1.807) is 12.1 Å². The second-order valence-corrected chi connectivity index (χ2v) is 7.52. The molecule has 25 heavy (non-hydrogen) atoms. The van der Waals surface area contributed by atoms with Gasteiger partial charge in [0.15, 0.2) is 0 Å². The van der Waals surface area contributed by atoms with Crippen LogP contribution in [0.2, 0.25) is 5.02 Å². The number of aromatic hydroxyl groups is 1. The molecule has 0 aromatic heterocycles. The second kappa shape index (κ2) is 7.19. The van der Waals surface area contributed by atoms with Gasteiger partial charge in [0.05, 0.1) is 11.4 Å². The molecule has 128 valence electrons. The summed E-state index contributed by atoms with van der Waals surface area (Å²) in [4.78, 5) is 25.9. The number of amides is 2. The molecule has 1 aliphatic heterocycles. The van der Waals surface area contributed by atoms with Gasteiger partial charge in [0.2, 0.25) is 0 Å². The Kier molecular flexibility index (Phi) is 5.17. The maximum atomic E-state index is 13.1. The van der Waals surface area contributed by atoms with Gasteiger partial charge in [-0.15, -0.1) is 0 Å². The third kappa shape index (κ3) is 3.89. The molecular weight excluding hydrogens is 433 g/mol. The molecule has 0 saturated carbocycles. The van der Waals surface area contributed by atoms with Crippen LogP contribution in [0, 0.1) is 5.82 Å². The van der Waals surface area contributed by atoms with Crippen LogP contribution in [-0.2, 0) is 11.3 Å². The third-order valence-corrected chi connectivity index (χ3v) is 5.25. The molecule has 0 atom stereocenters. The van der Waals surface area contributed by atoms with Crippen LogP contribution in [0.25, 0.3) is 6.08 Å². The summed E-state index contributed by atoms with van der Waals surface area (Å²) in [5, 5.41) is 9.57. The minimum absolute atomic E-state index is 0.00317. The van der Waals surface area contributed by atoms with Gasteiger partial charge in [-0.3, -0.25) is 14.5 Å². The summed E-state index contributed by atoms with van der Waals surface area (Å²) < 4.78 is 13.8. The predicted molar refractivity (Wildman–Crippen MR) is 98.7 cm³/mol. The van der Waals surface area contributed by atoms with E-state index in [9.17, 15) is 19.1 Å². The van der Waals surface area contributed by atoms with Gasteiger partial charge in [0.1, 0.15) is 11.6 Å². The first-order valence-electron chi connectivity index (χ1n) is 7.03. The van der Waals surface area contributed by atoms with Gasteiger partial charge in [0.25, 0.3) is 11.1 Å². The van der Waals surface area contributed by atoms with Crippen molar-refractivity contribution in [2.45, 2.75) is 6.54 Å². The van der Waals surface area contributed by atoms with Crippen LogP contribution >= 0.6 is 39.3 Å². The molecule has 0 unspecified atom stereocenters. The monoisotopic (exact) mass is 441 g/mol. The summed E-state index contributed by atoms with van der Waals surface area (Å²) in [5.41, 5.74) is 0.886. The molecule has 0 radical (unpaired) electrons. The molecule has 4 nitrogen and oxygen atoms in total. The lowest BCUT2D eigenvalue weighted by atomic mass is 10.1. The fourth-order valence-electron chi connectivity index (χ4n) is 2.24. The number of benzene rings is 2. The van der Waals surface area contributed by atoms with E-state index in [4.69, 9.17) is 11.6 Å². The first-order valence-corrected chi connectivity index (χ1v) is 9.01. The number of phenolic OH excluding ortho intramolecular Hbond substituents is 1. The molecule has 1 saturated heterocycles. The zero-order valence-corrected chi connectivity index (χ0v) is 15.7. The number of rotatable bonds is 3. The first kappa shape index (κ1) is 18.0. The van der Waals surface area contributed by atoms with Crippen molar-refractivity contribution in [1.29, 1.82) is 0 Å². The highest BCUT2D eigenvalue weighted by Crippen LogP contribution is 2.36. The zero-order valence-electron chi connectivity index (χ0n) is 12.5.